The molecule has 2 fully saturated rings. The van der Waals surface area contributed by atoms with Crippen LogP contribution in [0.2, 0.25) is 4.34 Å². The van der Waals surface area contributed by atoms with Gasteiger partial charge in [-0.1, -0.05) is 11.6 Å². The molecule has 8 nitrogen and oxygen atoms in total. The van der Waals surface area contributed by atoms with Crippen molar-refractivity contribution in [2.45, 2.75) is 37.9 Å². The average Bonchev–Trinajstić information content (AvgIpc) is 3.42. The third-order valence-electron chi connectivity index (χ3n) is 5.69. The van der Waals surface area contributed by atoms with Crippen LogP contribution in [0.4, 0.5) is 16.2 Å². The molecule has 4 rings (SSSR count). The number of rotatable bonds is 9. The van der Waals surface area contributed by atoms with Crippen LogP contribution in [0.3, 0.4) is 0 Å². The van der Waals surface area contributed by atoms with Gasteiger partial charge in [0.1, 0.15) is 12.2 Å². The summed E-state index contributed by atoms with van der Waals surface area (Å²) in [6.45, 7) is 1.26. The summed E-state index contributed by atoms with van der Waals surface area (Å²) in [4.78, 5) is 41.2. The molecule has 0 spiro atoms. The van der Waals surface area contributed by atoms with Crippen LogP contribution in [-0.2, 0) is 14.3 Å². The van der Waals surface area contributed by atoms with E-state index in [9.17, 15) is 14.4 Å². The van der Waals surface area contributed by atoms with E-state index >= 15 is 0 Å². The average molecular weight is 493 g/mol. The quantitative estimate of drug-likeness (QED) is 0.533. The van der Waals surface area contributed by atoms with Crippen LogP contribution in [0, 0.1) is 0 Å². The van der Waals surface area contributed by atoms with Crippen LogP contribution in [0.15, 0.2) is 36.4 Å². The van der Waals surface area contributed by atoms with Crippen molar-refractivity contribution >= 4 is 52.1 Å². The van der Waals surface area contributed by atoms with Gasteiger partial charge in [0.05, 0.1) is 22.4 Å². The van der Waals surface area contributed by atoms with Gasteiger partial charge < -0.3 is 19.5 Å². The molecule has 0 radical (unpaired) electrons. The summed E-state index contributed by atoms with van der Waals surface area (Å²) in [6.07, 6.45) is 0.328. The molecule has 1 N–H and O–H groups in total. The van der Waals surface area contributed by atoms with Gasteiger partial charge in [-0.25, -0.2) is 4.79 Å². The number of aliphatic hydroxyl groups is 1. The number of cyclic esters (lactones) is 1. The lowest BCUT2D eigenvalue weighted by Gasteiger charge is -2.32. The monoisotopic (exact) mass is 492 g/mol. The zero-order valence-corrected chi connectivity index (χ0v) is 19.5. The number of aliphatic hydroxyl groups excluding tert-OH is 1. The molecule has 1 unspecified atom stereocenters. The molecule has 0 saturated carbocycles. The Labute approximate surface area is 200 Å². The highest BCUT2D eigenvalue weighted by molar-refractivity contribution is 7.18. The van der Waals surface area contributed by atoms with E-state index in [1.807, 2.05) is 0 Å². The third kappa shape index (κ3) is 5.55. The summed E-state index contributed by atoms with van der Waals surface area (Å²) in [5.41, 5.74) is 1.39. The summed E-state index contributed by atoms with van der Waals surface area (Å²) in [5.74, 6) is -0.141. The van der Waals surface area contributed by atoms with Crippen LogP contribution in [0.25, 0.3) is 0 Å². The molecular formula is C23H25ClN2O6S. The van der Waals surface area contributed by atoms with Crippen molar-refractivity contribution in [2.24, 2.45) is 0 Å². The standard InChI is InChI=1S/C23H25ClN2O6S/c24-21-10-9-20(33-21)18(28)8-7-17-14-26(23(30)32-17)16-5-3-15(4-6-16)25-11-13-31-19(22(25)29)2-1-12-27/h3-6,9-10,17,19,27H,1-2,7-8,11-14H2/t17-,19?/m0/s1. The molecule has 10 heteroatoms. The number of morpholine rings is 1. The summed E-state index contributed by atoms with van der Waals surface area (Å²) in [7, 11) is 0. The number of Topliss-reactive ketones (excluding diaryl/α,β-unsaturated/α-hetero) is 1. The molecule has 176 valence electrons. The second-order valence-electron chi connectivity index (χ2n) is 7.91. The van der Waals surface area contributed by atoms with E-state index in [0.29, 0.717) is 53.9 Å². The van der Waals surface area contributed by atoms with Gasteiger partial charge in [-0.2, -0.15) is 0 Å². The van der Waals surface area contributed by atoms with Crippen LogP contribution in [-0.4, -0.2) is 61.4 Å². The fourth-order valence-corrected chi connectivity index (χ4v) is 4.97. The van der Waals surface area contributed by atoms with Gasteiger partial charge in [-0.3, -0.25) is 14.5 Å². The Bertz CT molecular complexity index is 1010. The lowest BCUT2D eigenvalue weighted by molar-refractivity contribution is -0.134. The maximum atomic E-state index is 12.7. The Balaban J connectivity index is 1.34. The van der Waals surface area contributed by atoms with Gasteiger partial charge in [0.25, 0.3) is 5.91 Å². The molecular weight excluding hydrogens is 468 g/mol. The fourth-order valence-electron chi connectivity index (χ4n) is 3.96. The van der Waals surface area contributed by atoms with Crippen LogP contribution in [0.5, 0.6) is 0 Å². The number of nitrogens with zero attached hydrogens (tertiary/aromatic N) is 2. The normalized spacial score (nSPS) is 20.9. The number of benzene rings is 1. The number of anilines is 2. The molecule has 2 aliphatic rings. The lowest BCUT2D eigenvalue weighted by Crippen LogP contribution is -2.48. The number of ketones is 1. The molecule has 3 heterocycles. The number of thiophene rings is 1. The number of hydrogen-bond acceptors (Lipinski definition) is 7. The van der Waals surface area contributed by atoms with Gasteiger partial charge in [0.15, 0.2) is 5.78 Å². The Morgan fingerprint density at radius 1 is 1.09 bits per heavy atom. The predicted molar refractivity (Wildman–Crippen MR) is 125 cm³/mol. The molecule has 0 bridgehead atoms. The highest BCUT2D eigenvalue weighted by Crippen LogP contribution is 2.29. The van der Waals surface area contributed by atoms with Crippen molar-refractivity contribution in [1.29, 1.82) is 0 Å². The van der Waals surface area contributed by atoms with E-state index in [1.54, 1.807) is 41.3 Å². The summed E-state index contributed by atoms with van der Waals surface area (Å²) in [6, 6.07) is 10.6. The minimum atomic E-state index is -0.548. The van der Waals surface area contributed by atoms with E-state index in [0.717, 1.165) is 5.69 Å². The van der Waals surface area contributed by atoms with E-state index in [2.05, 4.69) is 0 Å². The van der Waals surface area contributed by atoms with Gasteiger partial charge in [0, 0.05) is 30.9 Å². The Morgan fingerprint density at radius 3 is 2.48 bits per heavy atom. The first kappa shape index (κ1) is 23.7. The molecule has 2 amide bonds. The zero-order valence-electron chi connectivity index (χ0n) is 17.9. The smallest absolute Gasteiger partial charge is 0.414 e. The Hall–Kier alpha value is -2.46. The molecule has 33 heavy (non-hydrogen) atoms. The second kappa shape index (κ2) is 10.6. The first-order valence-electron chi connectivity index (χ1n) is 10.9. The molecule has 0 aliphatic carbocycles. The van der Waals surface area contributed by atoms with Gasteiger partial charge in [-0.05, 0) is 55.7 Å². The van der Waals surface area contributed by atoms with E-state index in [4.69, 9.17) is 26.2 Å². The van der Waals surface area contributed by atoms with Crippen molar-refractivity contribution < 1.29 is 29.0 Å². The number of amides is 2. The maximum absolute atomic E-state index is 12.7. The highest BCUT2D eigenvalue weighted by atomic mass is 35.5. The third-order valence-corrected chi connectivity index (χ3v) is 6.96. The summed E-state index contributed by atoms with van der Waals surface area (Å²) < 4.78 is 11.6. The largest absolute Gasteiger partial charge is 0.444 e. The summed E-state index contributed by atoms with van der Waals surface area (Å²) in [5, 5.41) is 9.01. The molecule has 2 aromatic rings. The molecule has 2 saturated heterocycles. The highest BCUT2D eigenvalue weighted by Gasteiger charge is 2.33. The molecule has 2 aliphatic heterocycles. The van der Waals surface area contributed by atoms with Gasteiger partial charge >= 0.3 is 6.09 Å². The molecule has 2 atom stereocenters. The van der Waals surface area contributed by atoms with E-state index < -0.39 is 12.2 Å². The Morgan fingerprint density at radius 2 is 1.82 bits per heavy atom. The Kier molecular flexibility index (Phi) is 7.64. The van der Waals surface area contributed by atoms with Crippen LogP contribution in [0.1, 0.15) is 35.4 Å². The van der Waals surface area contributed by atoms with Crippen molar-refractivity contribution in [3.8, 4) is 0 Å². The lowest BCUT2D eigenvalue weighted by atomic mass is 10.1. The van der Waals surface area contributed by atoms with Crippen molar-refractivity contribution in [3.05, 3.63) is 45.6 Å². The van der Waals surface area contributed by atoms with Crippen LogP contribution < -0.4 is 9.80 Å². The second-order valence-corrected chi connectivity index (χ2v) is 9.63. The number of hydrogen-bond donors (Lipinski definition) is 1. The topological polar surface area (TPSA) is 96.4 Å². The fraction of sp³-hybridized carbons (Fsp3) is 0.435. The number of ether oxygens (including phenoxy) is 2. The van der Waals surface area contributed by atoms with E-state index in [1.165, 1.54) is 16.2 Å². The molecule has 1 aromatic carbocycles. The zero-order chi connectivity index (χ0) is 23.4. The van der Waals surface area contributed by atoms with Gasteiger partial charge in [0.2, 0.25) is 0 Å². The minimum Gasteiger partial charge on any atom is -0.444 e. The minimum absolute atomic E-state index is 0.0155. The number of halogens is 1. The van der Waals surface area contributed by atoms with Crippen molar-refractivity contribution in [1.82, 2.24) is 0 Å². The number of carbonyl (C=O) groups excluding carboxylic acids is 3. The number of carbonyl (C=O) groups is 3. The van der Waals surface area contributed by atoms with Crippen molar-refractivity contribution in [2.75, 3.05) is 36.1 Å². The first-order chi connectivity index (χ1) is 16.0. The first-order valence-corrected chi connectivity index (χ1v) is 12.1. The van der Waals surface area contributed by atoms with Gasteiger partial charge in [-0.15, -0.1) is 11.3 Å². The maximum Gasteiger partial charge on any atom is 0.414 e. The predicted octanol–water partition coefficient (Wildman–Crippen LogP) is 3.89. The summed E-state index contributed by atoms with van der Waals surface area (Å²) >= 11 is 7.13. The molecule has 1 aromatic heterocycles. The SMILES string of the molecule is O=C(CC[C@H]1CN(c2ccc(N3CCOC(CCCO)C3=O)cc2)C(=O)O1)c1ccc(Cl)s1. The van der Waals surface area contributed by atoms with E-state index in [-0.39, 0.29) is 30.8 Å². The van der Waals surface area contributed by atoms with Crippen LogP contribution >= 0.6 is 22.9 Å². The van der Waals surface area contributed by atoms with Crippen molar-refractivity contribution in [3.63, 3.8) is 0 Å².